The molecule has 2 rings (SSSR count). The van der Waals surface area contributed by atoms with Gasteiger partial charge in [0.15, 0.2) is 0 Å². The quantitative estimate of drug-likeness (QED) is 0.745. The summed E-state index contributed by atoms with van der Waals surface area (Å²) in [5, 5.41) is 0. The fraction of sp³-hybridized carbons (Fsp3) is 0.632. The van der Waals surface area contributed by atoms with Gasteiger partial charge in [-0.15, -0.1) is 0 Å². The van der Waals surface area contributed by atoms with Crippen LogP contribution in [-0.4, -0.2) is 45.1 Å². The second-order valence-corrected chi connectivity index (χ2v) is 8.57. The van der Waals surface area contributed by atoms with Crippen molar-refractivity contribution in [1.29, 1.82) is 0 Å². The Morgan fingerprint density at radius 3 is 2.12 bits per heavy atom. The Labute approximate surface area is 152 Å². The van der Waals surface area contributed by atoms with Crippen LogP contribution in [0.4, 0.5) is 5.69 Å². The van der Waals surface area contributed by atoms with Crippen LogP contribution in [0.15, 0.2) is 18.2 Å². The molecule has 25 heavy (non-hydrogen) atoms. The van der Waals surface area contributed by atoms with E-state index in [1.807, 2.05) is 36.9 Å². The molecule has 1 aromatic rings. The average molecular weight is 367 g/mol. The largest absolute Gasteiger partial charge is 0.343 e. The number of hydrogen-bond acceptors (Lipinski definition) is 3. The van der Waals surface area contributed by atoms with E-state index in [0.717, 1.165) is 55.6 Å². The van der Waals surface area contributed by atoms with Crippen LogP contribution >= 0.6 is 0 Å². The molecule has 5 nitrogen and oxygen atoms in total. The Morgan fingerprint density at radius 2 is 1.64 bits per heavy atom. The highest BCUT2D eigenvalue weighted by atomic mass is 32.2. The van der Waals surface area contributed by atoms with Gasteiger partial charge in [0.1, 0.15) is 0 Å². The van der Waals surface area contributed by atoms with Crippen molar-refractivity contribution in [2.24, 2.45) is 0 Å². The summed E-state index contributed by atoms with van der Waals surface area (Å²) in [4.78, 5) is 14.3. The van der Waals surface area contributed by atoms with Gasteiger partial charge in [-0.3, -0.25) is 9.10 Å². The molecule has 1 aromatic carbocycles. The summed E-state index contributed by atoms with van der Waals surface area (Å²) in [7, 11) is -3.45. The number of sulfonamides is 1. The molecule has 0 N–H and O–H groups in total. The summed E-state index contributed by atoms with van der Waals surface area (Å²) < 4.78 is 26.4. The van der Waals surface area contributed by atoms with Gasteiger partial charge in [0.2, 0.25) is 15.9 Å². The van der Waals surface area contributed by atoms with E-state index in [9.17, 15) is 13.2 Å². The van der Waals surface area contributed by atoms with E-state index in [4.69, 9.17) is 0 Å². The molecule has 0 aliphatic carbocycles. The first kappa shape index (κ1) is 19.8. The number of piperidine rings is 1. The van der Waals surface area contributed by atoms with Crippen LogP contribution in [0.25, 0.3) is 0 Å². The third-order valence-corrected chi connectivity index (χ3v) is 6.02. The Hall–Kier alpha value is -1.56. The number of likely N-dealkylation sites (tertiary alicyclic amines) is 1. The zero-order chi connectivity index (χ0) is 18.4. The van der Waals surface area contributed by atoms with E-state index >= 15 is 0 Å². The summed E-state index contributed by atoms with van der Waals surface area (Å²) in [6, 6.07) is 5.92. The van der Waals surface area contributed by atoms with Gasteiger partial charge < -0.3 is 4.90 Å². The first-order valence-corrected chi connectivity index (χ1v) is 11.1. The molecule has 1 aliphatic rings. The van der Waals surface area contributed by atoms with Gasteiger partial charge in [-0.25, -0.2) is 8.42 Å². The molecule has 1 heterocycles. The number of hydrogen-bond donors (Lipinski definition) is 0. The van der Waals surface area contributed by atoms with Crippen molar-refractivity contribution in [3.8, 4) is 0 Å². The Morgan fingerprint density at radius 1 is 1.08 bits per heavy atom. The summed E-state index contributed by atoms with van der Waals surface area (Å²) in [6.45, 7) is 5.85. The predicted molar refractivity (Wildman–Crippen MR) is 102 cm³/mol. The average Bonchev–Trinajstić information content (AvgIpc) is 2.61. The summed E-state index contributed by atoms with van der Waals surface area (Å²) in [5.41, 5.74) is 2.78. The van der Waals surface area contributed by atoms with Crippen molar-refractivity contribution in [2.75, 3.05) is 30.2 Å². The number of benzene rings is 1. The standard InChI is InChI=1S/C19H30N2O3S/c1-4-16-10-9-11-17(5-2)19(16)21(25(3,23)24)15-12-18(22)20-13-7-6-8-14-20/h9-11H,4-8,12-15H2,1-3H3. The number of carbonyl (C=O) groups is 1. The maximum Gasteiger partial charge on any atom is 0.232 e. The predicted octanol–water partition coefficient (Wildman–Crippen LogP) is 2.98. The molecule has 0 radical (unpaired) electrons. The van der Waals surface area contributed by atoms with Gasteiger partial charge in [-0.1, -0.05) is 32.0 Å². The molecule has 0 spiro atoms. The topological polar surface area (TPSA) is 57.7 Å². The van der Waals surface area contributed by atoms with Crippen LogP contribution < -0.4 is 4.31 Å². The summed E-state index contributed by atoms with van der Waals surface area (Å²) >= 11 is 0. The molecular formula is C19H30N2O3S. The van der Waals surface area contributed by atoms with Crippen molar-refractivity contribution in [1.82, 2.24) is 4.90 Å². The van der Waals surface area contributed by atoms with Crippen LogP contribution in [-0.2, 0) is 27.7 Å². The maximum atomic E-state index is 12.5. The zero-order valence-corrected chi connectivity index (χ0v) is 16.4. The SMILES string of the molecule is CCc1cccc(CC)c1N(CCC(=O)N1CCCCC1)S(C)(=O)=O. The molecule has 0 aromatic heterocycles. The molecule has 0 bridgehead atoms. The van der Waals surface area contributed by atoms with E-state index in [-0.39, 0.29) is 18.9 Å². The van der Waals surface area contributed by atoms with Crippen molar-refractivity contribution >= 4 is 21.6 Å². The van der Waals surface area contributed by atoms with Crippen LogP contribution in [0.1, 0.15) is 50.7 Å². The fourth-order valence-corrected chi connectivity index (χ4v) is 4.47. The minimum absolute atomic E-state index is 0.0559. The van der Waals surface area contributed by atoms with Gasteiger partial charge in [-0.2, -0.15) is 0 Å². The number of nitrogens with zero attached hydrogens (tertiary/aromatic N) is 2. The molecular weight excluding hydrogens is 336 g/mol. The van der Waals surface area contributed by atoms with E-state index in [0.29, 0.717) is 0 Å². The highest BCUT2D eigenvalue weighted by molar-refractivity contribution is 7.92. The number of para-hydroxylation sites is 1. The van der Waals surface area contributed by atoms with Crippen molar-refractivity contribution in [2.45, 2.75) is 52.4 Å². The van der Waals surface area contributed by atoms with Gasteiger partial charge in [0, 0.05) is 26.1 Å². The highest BCUT2D eigenvalue weighted by Crippen LogP contribution is 2.29. The smallest absolute Gasteiger partial charge is 0.232 e. The fourth-order valence-electron chi connectivity index (χ4n) is 3.48. The monoisotopic (exact) mass is 366 g/mol. The van der Waals surface area contributed by atoms with Gasteiger partial charge in [0.05, 0.1) is 11.9 Å². The number of amides is 1. The minimum Gasteiger partial charge on any atom is -0.343 e. The van der Waals surface area contributed by atoms with E-state index in [2.05, 4.69) is 0 Å². The van der Waals surface area contributed by atoms with Crippen LogP contribution in [0.3, 0.4) is 0 Å². The maximum absolute atomic E-state index is 12.5. The normalized spacial score (nSPS) is 15.2. The molecule has 0 atom stereocenters. The zero-order valence-electron chi connectivity index (χ0n) is 15.6. The second kappa shape index (κ2) is 8.70. The summed E-state index contributed by atoms with van der Waals surface area (Å²) in [5.74, 6) is 0.0559. The third-order valence-electron chi connectivity index (χ3n) is 4.85. The third kappa shape index (κ3) is 4.97. The molecule has 0 unspecified atom stereocenters. The number of anilines is 1. The lowest BCUT2D eigenvalue weighted by atomic mass is 10.0. The van der Waals surface area contributed by atoms with Crippen LogP contribution in [0, 0.1) is 0 Å². The highest BCUT2D eigenvalue weighted by Gasteiger charge is 2.25. The first-order valence-electron chi connectivity index (χ1n) is 9.24. The van der Waals surface area contributed by atoms with Gasteiger partial charge >= 0.3 is 0 Å². The number of carbonyl (C=O) groups excluding carboxylic acids is 1. The minimum atomic E-state index is -3.45. The molecule has 140 valence electrons. The van der Waals surface area contributed by atoms with Crippen molar-refractivity contribution in [3.63, 3.8) is 0 Å². The van der Waals surface area contributed by atoms with E-state index in [1.165, 1.54) is 17.0 Å². The lowest BCUT2D eigenvalue weighted by molar-refractivity contribution is -0.131. The molecule has 1 amide bonds. The van der Waals surface area contributed by atoms with Crippen LogP contribution in [0.2, 0.25) is 0 Å². The lowest BCUT2D eigenvalue weighted by Gasteiger charge is -2.30. The number of rotatable bonds is 7. The van der Waals surface area contributed by atoms with Crippen LogP contribution in [0.5, 0.6) is 0 Å². The molecule has 6 heteroatoms. The van der Waals surface area contributed by atoms with Gasteiger partial charge in [-0.05, 0) is 43.2 Å². The molecule has 1 saturated heterocycles. The second-order valence-electron chi connectivity index (χ2n) is 6.66. The molecule has 0 saturated carbocycles. The van der Waals surface area contributed by atoms with Crippen molar-refractivity contribution in [3.05, 3.63) is 29.3 Å². The summed E-state index contributed by atoms with van der Waals surface area (Å²) in [6.07, 6.45) is 6.23. The van der Waals surface area contributed by atoms with E-state index < -0.39 is 10.0 Å². The van der Waals surface area contributed by atoms with Gasteiger partial charge in [0.25, 0.3) is 0 Å². The Bertz CT molecular complexity index is 672. The number of aryl methyl sites for hydroxylation is 2. The van der Waals surface area contributed by atoms with Crippen molar-refractivity contribution < 1.29 is 13.2 Å². The Balaban J connectivity index is 2.25. The van der Waals surface area contributed by atoms with E-state index in [1.54, 1.807) is 0 Å². The lowest BCUT2D eigenvalue weighted by Crippen LogP contribution is -2.39. The molecule has 1 aliphatic heterocycles. The molecule has 1 fully saturated rings. The first-order chi connectivity index (χ1) is 11.9. The Kier molecular flexibility index (Phi) is 6.87.